The quantitative estimate of drug-likeness (QED) is 0.754. The lowest BCUT2D eigenvalue weighted by Gasteiger charge is -2.09. The molecule has 0 radical (unpaired) electrons. The van der Waals surface area contributed by atoms with Gasteiger partial charge in [0.05, 0.1) is 6.26 Å². The van der Waals surface area contributed by atoms with Gasteiger partial charge in [0, 0.05) is 17.9 Å². The molecule has 3 rings (SSSR count). The molecular weight excluding hydrogens is 346 g/mol. The van der Waals surface area contributed by atoms with Gasteiger partial charge < -0.3 is 20.1 Å². The van der Waals surface area contributed by atoms with Gasteiger partial charge in [-0.2, -0.15) is 0 Å². The van der Waals surface area contributed by atoms with Gasteiger partial charge in [-0.25, -0.2) is 13.2 Å². The molecule has 0 saturated heterocycles. The Morgan fingerprint density at radius 2 is 1.72 bits per heavy atom. The van der Waals surface area contributed by atoms with E-state index in [1.165, 1.54) is 0 Å². The van der Waals surface area contributed by atoms with E-state index in [1.807, 2.05) is 12.1 Å². The molecule has 3 N–H and O–H groups in total. The number of fused-ring (bicyclic) bond motifs is 1. The van der Waals surface area contributed by atoms with Gasteiger partial charge in [-0.3, -0.25) is 4.72 Å². The molecule has 0 unspecified atom stereocenters. The van der Waals surface area contributed by atoms with Crippen LogP contribution in [0, 0.1) is 0 Å². The van der Waals surface area contributed by atoms with Gasteiger partial charge in [0.1, 0.15) is 0 Å². The van der Waals surface area contributed by atoms with Crippen molar-refractivity contribution in [3.8, 4) is 11.5 Å². The molecule has 2 aromatic carbocycles. The summed E-state index contributed by atoms with van der Waals surface area (Å²) in [5.41, 5.74) is 1.85. The number of nitrogens with one attached hydrogen (secondary N) is 3. The van der Waals surface area contributed by atoms with E-state index in [2.05, 4.69) is 15.4 Å². The fourth-order valence-electron chi connectivity index (χ4n) is 2.24. The number of amides is 2. The first-order chi connectivity index (χ1) is 11.9. The second kappa shape index (κ2) is 6.89. The van der Waals surface area contributed by atoms with Crippen LogP contribution in [0.4, 0.5) is 16.2 Å². The van der Waals surface area contributed by atoms with Crippen molar-refractivity contribution in [3.63, 3.8) is 0 Å². The molecule has 8 nitrogen and oxygen atoms in total. The van der Waals surface area contributed by atoms with Crippen LogP contribution >= 0.6 is 0 Å². The van der Waals surface area contributed by atoms with E-state index in [1.54, 1.807) is 30.3 Å². The molecular formula is C16H17N3O5S. The van der Waals surface area contributed by atoms with Crippen LogP contribution < -0.4 is 24.8 Å². The van der Waals surface area contributed by atoms with Crippen molar-refractivity contribution >= 4 is 27.4 Å². The van der Waals surface area contributed by atoms with Gasteiger partial charge in [0.25, 0.3) is 0 Å². The number of hydrogen-bond donors (Lipinski definition) is 3. The Morgan fingerprint density at radius 1 is 1.04 bits per heavy atom. The molecule has 1 aliphatic heterocycles. The molecule has 1 heterocycles. The molecule has 0 aromatic heterocycles. The second-order valence-corrected chi connectivity index (χ2v) is 7.20. The van der Waals surface area contributed by atoms with Crippen molar-refractivity contribution in [2.24, 2.45) is 0 Å². The minimum atomic E-state index is -3.33. The Hall–Kier alpha value is -2.94. The van der Waals surface area contributed by atoms with E-state index in [0.717, 1.165) is 11.8 Å². The number of sulfonamides is 1. The standard InChI is InChI=1S/C16H17N3O5S/c1-25(21,22)19-13-5-3-12(4-6-13)18-16(20)17-9-11-2-7-14-15(8-11)24-10-23-14/h2-8,19H,9-10H2,1H3,(H2,17,18,20). The van der Waals surface area contributed by atoms with Crippen LogP contribution in [0.3, 0.4) is 0 Å². The first kappa shape index (κ1) is 16.9. The summed E-state index contributed by atoms with van der Waals surface area (Å²) >= 11 is 0. The topological polar surface area (TPSA) is 106 Å². The number of anilines is 2. The van der Waals surface area contributed by atoms with E-state index < -0.39 is 10.0 Å². The minimum absolute atomic E-state index is 0.205. The smallest absolute Gasteiger partial charge is 0.319 e. The molecule has 132 valence electrons. The normalized spacial score (nSPS) is 12.5. The van der Waals surface area contributed by atoms with E-state index in [0.29, 0.717) is 29.4 Å². The summed E-state index contributed by atoms with van der Waals surface area (Å²) < 4.78 is 35.2. The zero-order valence-electron chi connectivity index (χ0n) is 13.4. The van der Waals surface area contributed by atoms with E-state index in [4.69, 9.17) is 9.47 Å². The highest BCUT2D eigenvalue weighted by molar-refractivity contribution is 7.92. The largest absolute Gasteiger partial charge is 0.454 e. The molecule has 25 heavy (non-hydrogen) atoms. The van der Waals surface area contributed by atoms with Crippen molar-refractivity contribution in [1.82, 2.24) is 5.32 Å². The Labute approximate surface area is 145 Å². The fourth-order valence-corrected chi connectivity index (χ4v) is 2.81. The summed E-state index contributed by atoms with van der Waals surface area (Å²) in [4.78, 5) is 11.9. The maximum atomic E-state index is 11.9. The Morgan fingerprint density at radius 3 is 2.44 bits per heavy atom. The highest BCUT2D eigenvalue weighted by atomic mass is 32.2. The first-order valence-corrected chi connectivity index (χ1v) is 9.29. The molecule has 2 aromatic rings. The lowest BCUT2D eigenvalue weighted by molar-refractivity contribution is 0.174. The summed E-state index contributed by atoms with van der Waals surface area (Å²) in [6.45, 7) is 0.535. The Bertz CT molecular complexity index is 881. The predicted molar refractivity (Wildman–Crippen MR) is 93.3 cm³/mol. The van der Waals surface area contributed by atoms with Crippen LogP contribution in [0.2, 0.25) is 0 Å². The second-order valence-electron chi connectivity index (χ2n) is 5.45. The summed E-state index contributed by atoms with van der Waals surface area (Å²) in [5.74, 6) is 1.35. The average Bonchev–Trinajstić information content (AvgIpc) is 3.01. The minimum Gasteiger partial charge on any atom is -0.454 e. The maximum Gasteiger partial charge on any atom is 0.319 e. The SMILES string of the molecule is CS(=O)(=O)Nc1ccc(NC(=O)NCc2ccc3c(c2)OCO3)cc1. The lowest BCUT2D eigenvalue weighted by atomic mass is 10.2. The summed E-state index contributed by atoms with van der Waals surface area (Å²) in [6.07, 6.45) is 1.07. The van der Waals surface area contributed by atoms with Crippen molar-refractivity contribution in [1.29, 1.82) is 0 Å². The van der Waals surface area contributed by atoms with Gasteiger partial charge in [0.2, 0.25) is 16.8 Å². The summed E-state index contributed by atoms with van der Waals surface area (Å²) in [5, 5.41) is 5.40. The number of carbonyl (C=O) groups is 1. The van der Waals surface area contributed by atoms with Crippen molar-refractivity contribution < 1.29 is 22.7 Å². The maximum absolute atomic E-state index is 11.9. The number of carbonyl (C=O) groups excluding carboxylic acids is 1. The monoisotopic (exact) mass is 363 g/mol. The molecule has 2 amide bonds. The Kier molecular flexibility index (Phi) is 4.66. The number of rotatable bonds is 5. The number of hydrogen-bond acceptors (Lipinski definition) is 5. The van der Waals surface area contributed by atoms with Crippen LogP contribution in [0.25, 0.3) is 0 Å². The van der Waals surface area contributed by atoms with E-state index in [-0.39, 0.29) is 12.8 Å². The zero-order valence-corrected chi connectivity index (χ0v) is 14.2. The number of benzene rings is 2. The van der Waals surface area contributed by atoms with Crippen molar-refractivity contribution in [3.05, 3.63) is 48.0 Å². The third-order valence-corrected chi connectivity index (χ3v) is 3.94. The van der Waals surface area contributed by atoms with Crippen molar-refractivity contribution in [2.75, 3.05) is 23.1 Å². The predicted octanol–water partition coefficient (Wildman–Crippen LogP) is 2.11. The average molecular weight is 363 g/mol. The van der Waals surface area contributed by atoms with Crippen LogP contribution in [0.1, 0.15) is 5.56 Å². The van der Waals surface area contributed by atoms with Crippen LogP contribution in [-0.4, -0.2) is 27.5 Å². The molecule has 1 aliphatic rings. The summed E-state index contributed by atoms with van der Waals surface area (Å²) in [6, 6.07) is 11.4. The van der Waals surface area contributed by atoms with Gasteiger partial charge in [0.15, 0.2) is 11.5 Å². The Balaban J connectivity index is 1.52. The first-order valence-electron chi connectivity index (χ1n) is 7.40. The van der Waals surface area contributed by atoms with Gasteiger partial charge in [-0.05, 0) is 42.0 Å². The van der Waals surface area contributed by atoms with Gasteiger partial charge in [-0.1, -0.05) is 6.07 Å². The summed E-state index contributed by atoms with van der Waals surface area (Å²) in [7, 11) is -3.33. The van der Waals surface area contributed by atoms with Crippen molar-refractivity contribution in [2.45, 2.75) is 6.54 Å². The third-order valence-electron chi connectivity index (χ3n) is 3.34. The van der Waals surface area contributed by atoms with Crippen LogP contribution in [0.5, 0.6) is 11.5 Å². The van der Waals surface area contributed by atoms with Gasteiger partial charge in [-0.15, -0.1) is 0 Å². The highest BCUT2D eigenvalue weighted by Gasteiger charge is 2.13. The van der Waals surface area contributed by atoms with Crippen LogP contribution in [0.15, 0.2) is 42.5 Å². The van der Waals surface area contributed by atoms with Gasteiger partial charge >= 0.3 is 6.03 Å². The highest BCUT2D eigenvalue weighted by Crippen LogP contribution is 2.32. The fraction of sp³-hybridized carbons (Fsp3) is 0.188. The molecule has 9 heteroatoms. The van der Waals surface area contributed by atoms with Crippen LogP contribution in [-0.2, 0) is 16.6 Å². The molecule has 0 bridgehead atoms. The van der Waals surface area contributed by atoms with E-state index >= 15 is 0 Å². The molecule has 0 saturated carbocycles. The third kappa shape index (κ3) is 4.77. The zero-order chi connectivity index (χ0) is 17.9. The molecule has 0 fully saturated rings. The lowest BCUT2D eigenvalue weighted by Crippen LogP contribution is -2.28. The molecule has 0 atom stereocenters. The molecule has 0 spiro atoms. The van der Waals surface area contributed by atoms with E-state index in [9.17, 15) is 13.2 Å². The number of ether oxygens (including phenoxy) is 2. The molecule has 0 aliphatic carbocycles. The number of urea groups is 1.